The Morgan fingerprint density at radius 1 is 1.38 bits per heavy atom. The number of anilines is 2. The molecule has 6 nitrogen and oxygen atoms in total. The first-order valence-electron chi connectivity index (χ1n) is 6.30. The fraction of sp³-hybridized carbons (Fsp3) is 0.462. The average molecular weight is 335 g/mol. The lowest BCUT2D eigenvalue weighted by Crippen LogP contribution is -2.20. The minimum atomic E-state index is -3.55. The topological polar surface area (TPSA) is 75.7 Å². The van der Waals surface area contributed by atoms with Crippen LogP contribution in [-0.2, 0) is 19.6 Å². The van der Waals surface area contributed by atoms with E-state index in [4.69, 9.17) is 11.6 Å². The van der Waals surface area contributed by atoms with Gasteiger partial charge in [-0.2, -0.15) is 0 Å². The van der Waals surface area contributed by atoms with Gasteiger partial charge in [-0.05, 0) is 18.6 Å². The molecule has 0 bridgehead atoms. The summed E-state index contributed by atoms with van der Waals surface area (Å²) in [6.07, 6.45) is 0.257. The second-order valence-corrected chi connectivity index (χ2v) is 6.88. The summed E-state index contributed by atoms with van der Waals surface area (Å²) in [7, 11) is 1.26. The van der Waals surface area contributed by atoms with Crippen molar-refractivity contribution in [2.75, 3.05) is 36.6 Å². The number of benzene rings is 1. The molecule has 0 saturated carbocycles. The lowest BCUT2D eigenvalue weighted by Gasteiger charge is -2.19. The molecule has 0 aliphatic carbocycles. The van der Waals surface area contributed by atoms with Gasteiger partial charge in [0.15, 0.2) is 0 Å². The van der Waals surface area contributed by atoms with Crippen LogP contribution in [0.25, 0.3) is 0 Å². The van der Waals surface area contributed by atoms with Crippen LogP contribution in [0.2, 0.25) is 5.02 Å². The van der Waals surface area contributed by atoms with Crippen LogP contribution in [0.4, 0.5) is 11.4 Å². The molecule has 0 unspecified atom stereocenters. The van der Waals surface area contributed by atoms with Gasteiger partial charge in [-0.1, -0.05) is 17.7 Å². The summed E-state index contributed by atoms with van der Waals surface area (Å²) in [6.45, 7) is 0. The van der Waals surface area contributed by atoms with Crippen LogP contribution in [0.3, 0.4) is 0 Å². The Bertz CT molecular complexity index is 602. The predicted octanol–water partition coefficient (Wildman–Crippen LogP) is 2.10. The molecule has 0 aliphatic rings. The van der Waals surface area contributed by atoms with E-state index < -0.39 is 16.0 Å². The predicted molar refractivity (Wildman–Crippen MR) is 84.4 cm³/mol. The first-order chi connectivity index (χ1) is 9.76. The van der Waals surface area contributed by atoms with Gasteiger partial charge in [-0.15, -0.1) is 0 Å². The summed E-state index contributed by atoms with van der Waals surface area (Å²) in [4.78, 5) is 12.7. The first kappa shape index (κ1) is 17.6. The number of para-hydroxylation sites is 1. The van der Waals surface area contributed by atoms with Crippen molar-refractivity contribution in [3.05, 3.63) is 23.2 Å². The summed E-state index contributed by atoms with van der Waals surface area (Å²) in [5, 5.41) is 0.453. The molecule has 0 amide bonds. The summed E-state index contributed by atoms with van der Waals surface area (Å²) in [6, 6.07) is 4.99. The molecule has 0 saturated heterocycles. The molecule has 0 atom stereocenters. The van der Waals surface area contributed by atoms with Gasteiger partial charge in [0, 0.05) is 20.5 Å². The second kappa shape index (κ2) is 7.51. The fourth-order valence-electron chi connectivity index (χ4n) is 1.78. The van der Waals surface area contributed by atoms with Gasteiger partial charge in [-0.25, -0.2) is 8.42 Å². The van der Waals surface area contributed by atoms with E-state index in [0.717, 1.165) is 0 Å². The third-order valence-corrected chi connectivity index (χ3v) is 4.38. The molecule has 8 heteroatoms. The first-order valence-corrected chi connectivity index (χ1v) is 8.33. The smallest absolute Gasteiger partial charge is 0.305 e. The number of nitrogens with one attached hydrogen (secondary N) is 1. The normalized spacial score (nSPS) is 11.0. The third-order valence-electron chi connectivity index (χ3n) is 2.72. The number of carbonyl (C=O) groups excluding carboxylic acids is 1. The third kappa shape index (κ3) is 5.43. The minimum Gasteiger partial charge on any atom is -0.469 e. The number of esters is 1. The van der Waals surface area contributed by atoms with Gasteiger partial charge < -0.3 is 9.64 Å². The van der Waals surface area contributed by atoms with Crippen molar-refractivity contribution in [2.45, 2.75) is 12.8 Å². The van der Waals surface area contributed by atoms with E-state index >= 15 is 0 Å². The van der Waals surface area contributed by atoms with Crippen molar-refractivity contribution >= 4 is 39.0 Å². The highest BCUT2D eigenvalue weighted by Gasteiger charge is 2.16. The number of sulfonamides is 1. The Morgan fingerprint density at radius 3 is 2.62 bits per heavy atom. The molecule has 0 aromatic heterocycles. The average Bonchev–Trinajstić information content (AvgIpc) is 2.37. The van der Waals surface area contributed by atoms with Crippen molar-refractivity contribution < 1.29 is 17.9 Å². The highest BCUT2D eigenvalue weighted by molar-refractivity contribution is 7.92. The Balaban J connectivity index is 2.80. The molecule has 1 aromatic carbocycles. The molecule has 0 spiro atoms. The number of nitrogens with zero attached hydrogens (tertiary/aromatic N) is 1. The number of methoxy groups -OCH3 is 1. The number of hydrogen-bond acceptors (Lipinski definition) is 5. The quantitative estimate of drug-likeness (QED) is 0.773. The summed E-state index contributed by atoms with van der Waals surface area (Å²) < 4.78 is 31.0. The molecule has 0 radical (unpaired) electrons. The number of hydrogen-bond donors (Lipinski definition) is 1. The summed E-state index contributed by atoms with van der Waals surface area (Å²) >= 11 is 6.08. The van der Waals surface area contributed by atoms with Crippen LogP contribution in [0.15, 0.2) is 18.2 Å². The lowest BCUT2D eigenvalue weighted by atomic mass is 10.2. The van der Waals surface area contributed by atoms with E-state index in [0.29, 0.717) is 16.4 Å². The molecule has 1 aromatic rings. The van der Waals surface area contributed by atoms with Crippen LogP contribution in [0.1, 0.15) is 12.8 Å². The second-order valence-electron chi connectivity index (χ2n) is 4.63. The zero-order chi connectivity index (χ0) is 16.0. The highest BCUT2D eigenvalue weighted by atomic mass is 35.5. The zero-order valence-electron chi connectivity index (χ0n) is 12.2. The monoisotopic (exact) mass is 334 g/mol. The molecule has 1 rings (SSSR count). The van der Waals surface area contributed by atoms with Crippen molar-refractivity contribution in [3.8, 4) is 0 Å². The van der Waals surface area contributed by atoms with Gasteiger partial charge in [0.25, 0.3) is 0 Å². The van der Waals surface area contributed by atoms with Crippen LogP contribution >= 0.6 is 11.6 Å². The van der Waals surface area contributed by atoms with Gasteiger partial charge >= 0.3 is 5.97 Å². The molecule has 0 heterocycles. The Labute approximate surface area is 130 Å². The Morgan fingerprint density at radius 2 is 2.05 bits per heavy atom. The van der Waals surface area contributed by atoms with Gasteiger partial charge in [-0.3, -0.25) is 9.52 Å². The van der Waals surface area contributed by atoms with Gasteiger partial charge in [0.2, 0.25) is 10.0 Å². The van der Waals surface area contributed by atoms with Crippen LogP contribution in [-0.4, -0.2) is 41.3 Å². The van der Waals surface area contributed by atoms with Crippen LogP contribution in [0, 0.1) is 0 Å². The maximum absolute atomic E-state index is 12.0. The van der Waals surface area contributed by atoms with E-state index in [9.17, 15) is 13.2 Å². The molecular weight excluding hydrogens is 316 g/mol. The van der Waals surface area contributed by atoms with Crippen molar-refractivity contribution in [1.82, 2.24) is 0 Å². The van der Waals surface area contributed by atoms with E-state index in [1.54, 1.807) is 37.2 Å². The maximum Gasteiger partial charge on any atom is 0.305 e. The number of ether oxygens (including phenoxy) is 1. The van der Waals surface area contributed by atoms with Crippen molar-refractivity contribution in [3.63, 3.8) is 0 Å². The maximum atomic E-state index is 12.0. The van der Waals surface area contributed by atoms with Crippen LogP contribution < -0.4 is 9.62 Å². The molecule has 0 fully saturated rings. The number of carbonyl (C=O) groups is 1. The molecule has 1 N–H and O–H groups in total. The van der Waals surface area contributed by atoms with E-state index in [2.05, 4.69) is 9.46 Å². The summed E-state index contributed by atoms with van der Waals surface area (Å²) in [5.74, 6) is -0.594. The van der Waals surface area contributed by atoms with E-state index in [-0.39, 0.29) is 18.6 Å². The number of rotatable bonds is 7. The standard InChI is InChI=1S/C13H19ClN2O4S/c1-16(2)13-10(14)6-4-7-11(13)15-21(18,19)9-5-8-12(17)20-3/h4,6-7,15H,5,8-9H2,1-3H3. The van der Waals surface area contributed by atoms with Gasteiger partial charge in [0.1, 0.15) is 0 Å². The number of halogens is 1. The van der Waals surface area contributed by atoms with Crippen molar-refractivity contribution in [1.29, 1.82) is 0 Å². The largest absolute Gasteiger partial charge is 0.469 e. The van der Waals surface area contributed by atoms with E-state index in [1.165, 1.54) is 7.11 Å². The van der Waals surface area contributed by atoms with Crippen molar-refractivity contribution in [2.24, 2.45) is 0 Å². The minimum absolute atomic E-state index is 0.0630. The molecule has 0 aliphatic heterocycles. The summed E-state index contributed by atoms with van der Waals surface area (Å²) in [5.41, 5.74) is 1.00. The lowest BCUT2D eigenvalue weighted by molar-refractivity contribution is -0.140. The zero-order valence-corrected chi connectivity index (χ0v) is 13.8. The molecular formula is C13H19ClN2O4S. The Kier molecular flexibility index (Phi) is 6.29. The molecule has 118 valence electrons. The van der Waals surface area contributed by atoms with E-state index in [1.807, 2.05) is 0 Å². The fourth-order valence-corrected chi connectivity index (χ4v) is 3.25. The van der Waals surface area contributed by atoms with Crippen LogP contribution in [0.5, 0.6) is 0 Å². The van der Waals surface area contributed by atoms with Gasteiger partial charge in [0.05, 0.1) is 29.3 Å². The highest BCUT2D eigenvalue weighted by Crippen LogP contribution is 2.33. The Hall–Kier alpha value is -1.47. The SMILES string of the molecule is COC(=O)CCCS(=O)(=O)Nc1cccc(Cl)c1N(C)C. The molecule has 21 heavy (non-hydrogen) atoms.